The molecule has 3 heterocycles. The number of fused-ring (bicyclic) bond motifs is 3. The number of likely N-dealkylation sites (tertiary alicyclic amines) is 1. The first-order chi connectivity index (χ1) is 15.5. The van der Waals surface area contributed by atoms with Crippen molar-refractivity contribution >= 4 is 45.2 Å². The van der Waals surface area contributed by atoms with E-state index in [1.165, 1.54) is 16.6 Å². The maximum Gasteiger partial charge on any atom is 0.267 e. The molecular weight excluding hydrogens is 446 g/mol. The smallest absolute Gasteiger partial charge is 0.267 e. The number of aryl methyl sites for hydroxylation is 2. The number of thiophene rings is 1. The molecule has 5 rings (SSSR count). The Morgan fingerprint density at radius 3 is 2.62 bits per heavy atom. The first kappa shape index (κ1) is 21.2. The summed E-state index contributed by atoms with van der Waals surface area (Å²) < 4.78 is 1.62. The van der Waals surface area contributed by atoms with Gasteiger partial charge in [-0.3, -0.25) is 14.2 Å². The van der Waals surface area contributed by atoms with Gasteiger partial charge in [0.1, 0.15) is 4.83 Å². The minimum atomic E-state index is -1.04. The third kappa shape index (κ3) is 3.84. The zero-order valence-corrected chi connectivity index (χ0v) is 19.0. The van der Waals surface area contributed by atoms with E-state index < -0.39 is 11.9 Å². The lowest BCUT2D eigenvalue weighted by molar-refractivity contribution is -0.312. The standard InChI is InChI=1S/C23H23N3O4S2/c27-18(25-11-9-14(10-12-25)22(29)30)13-31-23-24-20-19(16-7-4-8-17(16)32-20)21(28)26(23)15-5-2-1-3-6-15/h1-3,5-6,14H,4,7-13H2,(H,29,30)/p-1. The second kappa shape index (κ2) is 8.71. The number of carbonyl (C=O) groups excluding carboxylic acids is 2. The largest absolute Gasteiger partial charge is 0.550 e. The van der Waals surface area contributed by atoms with Gasteiger partial charge in [-0.2, -0.15) is 0 Å². The lowest BCUT2D eigenvalue weighted by Gasteiger charge is -2.32. The summed E-state index contributed by atoms with van der Waals surface area (Å²) >= 11 is 2.85. The van der Waals surface area contributed by atoms with Gasteiger partial charge in [0, 0.05) is 29.9 Å². The van der Waals surface area contributed by atoms with Crippen LogP contribution in [0.3, 0.4) is 0 Å². The number of benzene rings is 1. The van der Waals surface area contributed by atoms with E-state index in [1.54, 1.807) is 20.8 Å². The molecule has 32 heavy (non-hydrogen) atoms. The van der Waals surface area contributed by atoms with E-state index in [4.69, 9.17) is 4.98 Å². The fraction of sp³-hybridized carbons (Fsp3) is 0.391. The van der Waals surface area contributed by atoms with Crippen molar-refractivity contribution in [3.63, 3.8) is 0 Å². The van der Waals surface area contributed by atoms with E-state index in [-0.39, 0.29) is 17.2 Å². The van der Waals surface area contributed by atoms with E-state index >= 15 is 0 Å². The van der Waals surface area contributed by atoms with Crippen LogP contribution in [0.15, 0.2) is 40.3 Å². The number of amides is 1. The third-order valence-corrected chi connectivity index (χ3v) is 8.34. The first-order valence-electron chi connectivity index (χ1n) is 10.8. The number of hydrogen-bond donors (Lipinski definition) is 0. The molecule has 0 spiro atoms. The van der Waals surface area contributed by atoms with Crippen LogP contribution in [-0.2, 0) is 22.4 Å². The molecule has 1 fully saturated rings. The van der Waals surface area contributed by atoms with Crippen molar-refractivity contribution in [1.29, 1.82) is 0 Å². The van der Waals surface area contributed by atoms with Crippen molar-refractivity contribution in [2.24, 2.45) is 5.92 Å². The van der Waals surface area contributed by atoms with Crippen LogP contribution in [0.1, 0.15) is 29.7 Å². The Kier molecular flexibility index (Phi) is 5.77. The molecule has 0 unspecified atom stereocenters. The fourth-order valence-electron chi connectivity index (χ4n) is 4.51. The summed E-state index contributed by atoms with van der Waals surface area (Å²) in [5.41, 5.74) is 1.79. The van der Waals surface area contributed by atoms with Gasteiger partial charge in [0.25, 0.3) is 5.56 Å². The monoisotopic (exact) mass is 468 g/mol. The molecule has 3 aromatic rings. The summed E-state index contributed by atoms with van der Waals surface area (Å²) in [7, 11) is 0. The first-order valence-corrected chi connectivity index (χ1v) is 12.6. The maximum absolute atomic E-state index is 13.6. The SMILES string of the molecule is O=C([O-])C1CCN(C(=O)CSc2nc3sc4c(c3c(=O)n2-c2ccccc2)CCC4)CC1. The van der Waals surface area contributed by atoms with Crippen molar-refractivity contribution < 1.29 is 14.7 Å². The average molecular weight is 469 g/mol. The number of rotatable bonds is 5. The molecule has 166 valence electrons. The summed E-state index contributed by atoms with van der Waals surface area (Å²) in [6.07, 6.45) is 3.80. The highest BCUT2D eigenvalue weighted by Gasteiger charge is 2.26. The number of carboxylic acid groups (broad SMARTS) is 1. The van der Waals surface area contributed by atoms with E-state index in [2.05, 4.69) is 0 Å². The van der Waals surface area contributed by atoms with E-state index in [0.29, 0.717) is 36.5 Å². The minimum absolute atomic E-state index is 0.0746. The second-order valence-electron chi connectivity index (χ2n) is 8.17. The van der Waals surface area contributed by atoms with Gasteiger partial charge in [0.05, 0.1) is 16.8 Å². The molecule has 2 aliphatic rings. The number of thioether (sulfide) groups is 1. The van der Waals surface area contributed by atoms with Gasteiger partial charge >= 0.3 is 0 Å². The van der Waals surface area contributed by atoms with Crippen molar-refractivity contribution in [2.75, 3.05) is 18.8 Å². The molecule has 1 amide bonds. The van der Waals surface area contributed by atoms with Gasteiger partial charge in [0.2, 0.25) is 5.91 Å². The Balaban J connectivity index is 1.44. The molecule has 0 atom stereocenters. The molecule has 1 aromatic carbocycles. The Hall–Kier alpha value is -2.65. The number of nitrogens with zero attached hydrogens (tertiary/aromatic N) is 3. The number of para-hydroxylation sites is 1. The lowest BCUT2D eigenvalue weighted by Crippen LogP contribution is -2.44. The Bertz CT molecular complexity index is 1240. The quantitative estimate of drug-likeness (QED) is 0.420. The minimum Gasteiger partial charge on any atom is -0.550 e. The molecular formula is C23H22N3O4S2-. The third-order valence-electron chi connectivity index (χ3n) is 6.23. The van der Waals surface area contributed by atoms with Gasteiger partial charge in [0.15, 0.2) is 5.16 Å². The summed E-state index contributed by atoms with van der Waals surface area (Å²) in [5.74, 6) is -1.46. The molecule has 0 N–H and O–H groups in total. The molecule has 9 heteroatoms. The topological polar surface area (TPSA) is 95.3 Å². The maximum atomic E-state index is 13.6. The van der Waals surface area contributed by atoms with Crippen LogP contribution in [0.5, 0.6) is 0 Å². The molecule has 1 aliphatic heterocycles. The lowest BCUT2D eigenvalue weighted by atomic mass is 9.97. The van der Waals surface area contributed by atoms with Crippen LogP contribution in [0.25, 0.3) is 15.9 Å². The number of aliphatic carboxylic acids is 1. The molecule has 1 saturated heterocycles. The number of carboxylic acids is 1. The predicted octanol–water partition coefficient (Wildman–Crippen LogP) is 2.02. The van der Waals surface area contributed by atoms with Crippen molar-refractivity contribution in [3.05, 3.63) is 51.1 Å². The number of piperidine rings is 1. The van der Waals surface area contributed by atoms with E-state index in [9.17, 15) is 19.5 Å². The highest BCUT2D eigenvalue weighted by atomic mass is 32.2. The predicted molar refractivity (Wildman–Crippen MR) is 122 cm³/mol. The van der Waals surface area contributed by atoms with Gasteiger partial charge in [-0.05, 0) is 49.8 Å². The molecule has 7 nitrogen and oxygen atoms in total. The zero-order chi connectivity index (χ0) is 22.2. The van der Waals surface area contributed by atoms with Crippen LogP contribution >= 0.6 is 23.1 Å². The Morgan fingerprint density at radius 1 is 1.16 bits per heavy atom. The Morgan fingerprint density at radius 2 is 1.91 bits per heavy atom. The summed E-state index contributed by atoms with van der Waals surface area (Å²) in [5, 5.41) is 12.3. The van der Waals surface area contributed by atoms with Crippen molar-refractivity contribution in [3.8, 4) is 5.69 Å². The van der Waals surface area contributed by atoms with Crippen LogP contribution in [0, 0.1) is 5.92 Å². The molecule has 2 aromatic heterocycles. The second-order valence-corrected chi connectivity index (χ2v) is 10.2. The van der Waals surface area contributed by atoms with Crippen LogP contribution in [0.4, 0.5) is 0 Å². The molecule has 0 bridgehead atoms. The Labute approximate surface area is 193 Å². The highest BCUT2D eigenvalue weighted by Crippen LogP contribution is 2.36. The summed E-state index contributed by atoms with van der Waals surface area (Å²) in [6.45, 7) is 0.821. The van der Waals surface area contributed by atoms with Crippen LogP contribution in [0.2, 0.25) is 0 Å². The number of carbonyl (C=O) groups is 2. The summed E-state index contributed by atoms with van der Waals surface area (Å²) in [4.78, 5) is 45.9. The van der Waals surface area contributed by atoms with Crippen molar-refractivity contribution in [1.82, 2.24) is 14.5 Å². The van der Waals surface area contributed by atoms with Gasteiger partial charge in [-0.1, -0.05) is 30.0 Å². The van der Waals surface area contributed by atoms with Crippen LogP contribution < -0.4 is 10.7 Å². The normalized spacial score (nSPS) is 16.4. The zero-order valence-electron chi connectivity index (χ0n) is 17.4. The molecule has 0 saturated carbocycles. The average Bonchev–Trinajstić information content (AvgIpc) is 3.39. The van der Waals surface area contributed by atoms with E-state index in [1.807, 2.05) is 30.3 Å². The number of aromatic nitrogens is 2. The van der Waals surface area contributed by atoms with Gasteiger partial charge in [-0.25, -0.2) is 4.98 Å². The summed E-state index contributed by atoms with van der Waals surface area (Å²) in [6, 6.07) is 9.40. The van der Waals surface area contributed by atoms with E-state index in [0.717, 1.165) is 35.3 Å². The fourth-order valence-corrected chi connectivity index (χ4v) is 6.73. The van der Waals surface area contributed by atoms with Gasteiger partial charge in [-0.15, -0.1) is 11.3 Å². The molecule has 1 aliphatic carbocycles. The number of hydrogen-bond acceptors (Lipinski definition) is 7. The molecule has 0 radical (unpaired) electrons. The highest BCUT2D eigenvalue weighted by molar-refractivity contribution is 7.99. The van der Waals surface area contributed by atoms with Gasteiger partial charge < -0.3 is 14.8 Å². The van der Waals surface area contributed by atoms with Crippen molar-refractivity contribution in [2.45, 2.75) is 37.3 Å². The van der Waals surface area contributed by atoms with Crippen LogP contribution in [-0.4, -0.2) is 45.2 Å².